The molecular weight excluding hydrogens is 292 g/mol. The van der Waals surface area contributed by atoms with Crippen LogP contribution in [0.15, 0.2) is 23.0 Å². The fraction of sp³-hybridized carbons (Fsp3) is 0.778. The summed E-state index contributed by atoms with van der Waals surface area (Å²) in [6.45, 7) is 7.19. The van der Waals surface area contributed by atoms with Crippen molar-refractivity contribution in [2.24, 2.45) is 0 Å². The molecule has 3 aliphatic rings. The predicted molar refractivity (Wildman–Crippen MR) is 87.3 cm³/mol. The zero-order chi connectivity index (χ0) is 15.5. The van der Waals surface area contributed by atoms with Crippen molar-refractivity contribution in [1.29, 1.82) is 0 Å². The van der Waals surface area contributed by atoms with E-state index < -0.39 is 0 Å². The van der Waals surface area contributed by atoms with E-state index in [4.69, 9.17) is 13.9 Å². The molecule has 0 amide bonds. The number of likely N-dealkylation sites (tertiary alicyclic amines) is 1. The van der Waals surface area contributed by atoms with Crippen LogP contribution in [0.4, 0.5) is 0 Å². The van der Waals surface area contributed by atoms with E-state index in [0.717, 1.165) is 39.3 Å². The summed E-state index contributed by atoms with van der Waals surface area (Å²) in [5, 5.41) is 0. The first kappa shape index (κ1) is 15.6. The minimum absolute atomic E-state index is 0.245. The summed E-state index contributed by atoms with van der Waals surface area (Å²) in [7, 11) is 0. The first-order chi connectivity index (χ1) is 11.4. The molecule has 1 aromatic heterocycles. The number of morpholine rings is 1. The van der Waals surface area contributed by atoms with Crippen LogP contribution in [0.1, 0.15) is 31.2 Å². The third-order valence-corrected chi connectivity index (χ3v) is 5.55. The number of hydrogen-bond acceptors (Lipinski definition) is 5. The van der Waals surface area contributed by atoms with Gasteiger partial charge in [0, 0.05) is 31.2 Å². The average molecular weight is 320 g/mol. The van der Waals surface area contributed by atoms with Gasteiger partial charge in [-0.25, -0.2) is 0 Å². The van der Waals surface area contributed by atoms with E-state index in [1.165, 1.54) is 37.9 Å². The van der Waals surface area contributed by atoms with Crippen LogP contribution in [-0.2, 0) is 16.0 Å². The van der Waals surface area contributed by atoms with Crippen molar-refractivity contribution >= 4 is 0 Å². The zero-order valence-corrected chi connectivity index (χ0v) is 13.9. The van der Waals surface area contributed by atoms with E-state index in [1.54, 1.807) is 6.26 Å². The van der Waals surface area contributed by atoms with Crippen molar-refractivity contribution in [2.75, 3.05) is 39.4 Å². The van der Waals surface area contributed by atoms with Crippen LogP contribution in [0.2, 0.25) is 0 Å². The molecule has 0 N–H and O–H groups in total. The van der Waals surface area contributed by atoms with Gasteiger partial charge >= 0.3 is 0 Å². The summed E-state index contributed by atoms with van der Waals surface area (Å²) in [4.78, 5) is 5.06. The van der Waals surface area contributed by atoms with Gasteiger partial charge in [0.15, 0.2) is 0 Å². The smallest absolute Gasteiger partial charge is 0.0992 e. The fourth-order valence-corrected chi connectivity index (χ4v) is 4.32. The molecule has 0 unspecified atom stereocenters. The maximum atomic E-state index is 6.21. The highest BCUT2D eigenvalue weighted by molar-refractivity contribution is 5.07. The third-order valence-electron chi connectivity index (χ3n) is 5.55. The molecule has 2 saturated heterocycles. The van der Waals surface area contributed by atoms with Crippen molar-refractivity contribution in [3.63, 3.8) is 0 Å². The lowest BCUT2D eigenvalue weighted by atomic mass is 10.1. The van der Waals surface area contributed by atoms with E-state index in [0.29, 0.717) is 6.04 Å². The Bertz CT molecular complexity index is 473. The van der Waals surface area contributed by atoms with E-state index in [-0.39, 0.29) is 12.2 Å². The lowest BCUT2D eigenvalue weighted by Crippen LogP contribution is -2.51. The van der Waals surface area contributed by atoms with Crippen molar-refractivity contribution < 1.29 is 13.9 Å². The van der Waals surface area contributed by atoms with Gasteiger partial charge in [0.25, 0.3) is 0 Å². The van der Waals surface area contributed by atoms with Crippen LogP contribution in [0.25, 0.3) is 0 Å². The number of ether oxygens (including phenoxy) is 2. The SMILES string of the molecule is c1cc(CN2CCO[C@@H]3[C@@H](OCCN4CCCC4)CC[C@H]32)co1. The lowest BCUT2D eigenvalue weighted by Gasteiger charge is -2.39. The number of hydrogen-bond donors (Lipinski definition) is 0. The number of furan rings is 1. The first-order valence-corrected chi connectivity index (χ1v) is 9.11. The van der Waals surface area contributed by atoms with Crippen molar-refractivity contribution in [2.45, 2.75) is 50.5 Å². The van der Waals surface area contributed by atoms with E-state index in [1.807, 2.05) is 6.26 Å². The minimum atomic E-state index is 0.245. The molecule has 3 heterocycles. The summed E-state index contributed by atoms with van der Waals surface area (Å²) in [5.41, 5.74) is 1.25. The van der Waals surface area contributed by atoms with Gasteiger partial charge in [0.1, 0.15) is 0 Å². The van der Waals surface area contributed by atoms with Gasteiger partial charge in [-0.2, -0.15) is 0 Å². The highest BCUT2D eigenvalue weighted by Crippen LogP contribution is 2.33. The molecule has 128 valence electrons. The predicted octanol–water partition coefficient (Wildman–Crippen LogP) is 2.12. The van der Waals surface area contributed by atoms with Crippen molar-refractivity contribution in [1.82, 2.24) is 9.80 Å². The second kappa shape index (κ2) is 7.34. The Morgan fingerprint density at radius 1 is 1.17 bits per heavy atom. The average Bonchev–Trinajstić information content (AvgIpc) is 3.30. The standard InChI is InChI=1S/C18H28N2O3/c1-2-7-19(6-1)8-11-22-17-4-3-16-18(17)23-12-9-20(16)13-15-5-10-21-14-15/h5,10,14,16-18H,1-4,6-9,11-13H2/t16-,17+,18+/m1/s1. The molecule has 3 atom stereocenters. The van der Waals surface area contributed by atoms with Gasteiger partial charge in [-0.3, -0.25) is 4.90 Å². The molecule has 4 rings (SSSR count). The zero-order valence-electron chi connectivity index (χ0n) is 13.9. The molecule has 0 radical (unpaired) electrons. The van der Waals surface area contributed by atoms with E-state index >= 15 is 0 Å². The van der Waals surface area contributed by atoms with Crippen LogP contribution < -0.4 is 0 Å². The molecule has 2 aliphatic heterocycles. The maximum absolute atomic E-state index is 6.21. The topological polar surface area (TPSA) is 38.1 Å². The minimum Gasteiger partial charge on any atom is -0.472 e. The highest BCUT2D eigenvalue weighted by atomic mass is 16.5. The first-order valence-electron chi connectivity index (χ1n) is 9.11. The van der Waals surface area contributed by atoms with Crippen LogP contribution >= 0.6 is 0 Å². The van der Waals surface area contributed by atoms with Crippen LogP contribution in [0, 0.1) is 0 Å². The number of fused-ring (bicyclic) bond motifs is 1. The summed E-state index contributed by atoms with van der Waals surface area (Å²) in [6.07, 6.45) is 9.12. The molecule has 5 nitrogen and oxygen atoms in total. The summed E-state index contributed by atoms with van der Waals surface area (Å²) in [5.74, 6) is 0. The Hall–Kier alpha value is -0.880. The normalized spacial score (nSPS) is 32.4. The van der Waals surface area contributed by atoms with Crippen molar-refractivity contribution in [3.05, 3.63) is 24.2 Å². The number of rotatable bonds is 6. The van der Waals surface area contributed by atoms with Gasteiger partial charge in [0.05, 0.1) is 37.9 Å². The monoisotopic (exact) mass is 320 g/mol. The largest absolute Gasteiger partial charge is 0.472 e. The maximum Gasteiger partial charge on any atom is 0.0992 e. The molecule has 3 fully saturated rings. The number of nitrogens with zero attached hydrogens (tertiary/aromatic N) is 2. The van der Waals surface area contributed by atoms with Crippen LogP contribution in [0.3, 0.4) is 0 Å². The van der Waals surface area contributed by atoms with Gasteiger partial charge in [-0.1, -0.05) is 0 Å². The van der Waals surface area contributed by atoms with Crippen molar-refractivity contribution in [3.8, 4) is 0 Å². The molecule has 0 spiro atoms. The Labute approximate surface area is 138 Å². The lowest BCUT2D eigenvalue weighted by molar-refractivity contribution is -0.116. The van der Waals surface area contributed by atoms with Crippen LogP contribution in [0.5, 0.6) is 0 Å². The Kier molecular flexibility index (Phi) is 4.99. The molecule has 1 aromatic rings. The van der Waals surface area contributed by atoms with Gasteiger partial charge in [-0.15, -0.1) is 0 Å². The molecule has 0 bridgehead atoms. The summed E-state index contributed by atoms with van der Waals surface area (Å²) in [6, 6.07) is 2.55. The molecule has 0 aromatic carbocycles. The van der Waals surface area contributed by atoms with E-state index in [9.17, 15) is 0 Å². The summed E-state index contributed by atoms with van der Waals surface area (Å²) < 4.78 is 17.5. The fourth-order valence-electron chi connectivity index (χ4n) is 4.32. The second-order valence-corrected chi connectivity index (χ2v) is 7.04. The molecule has 1 saturated carbocycles. The molecule has 1 aliphatic carbocycles. The Morgan fingerprint density at radius 3 is 2.91 bits per heavy atom. The summed E-state index contributed by atoms with van der Waals surface area (Å²) >= 11 is 0. The second-order valence-electron chi connectivity index (χ2n) is 7.04. The molecule has 5 heteroatoms. The van der Waals surface area contributed by atoms with E-state index in [2.05, 4.69) is 15.9 Å². The molecular formula is C18H28N2O3. The quantitative estimate of drug-likeness (QED) is 0.803. The van der Waals surface area contributed by atoms with Gasteiger partial charge < -0.3 is 18.8 Å². The Balaban J connectivity index is 1.28. The van der Waals surface area contributed by atoms with Gasteiger partial charge in [-0.05, 0) is 44.8 Å². The van der Waals surface area contributed by atoms with Gasteiger partial charge in [0.2, 0.25) is 0 Å². The Morgan fingerprint density at radius 2 is 2.09 bits per heavy atom. The third kappa shape index (κ3) is 3.63. The van der Waals surface area contributed by atoms with Crippen LogP contribution in [-0.4, -0.2) is 67.4 Å². The highest BCUT2D eigenvalue weighted by Gasteiger charge is 2.43. The molecule has 23 heavy (non-hydrogen) atoms.